The number of nitrogens with two attached hydrogens (primary N) is 1. The lowest BCUT2D eigenvalue weighted by Crippen LogP contribution is -2.55. The molecule has 1 saturated carbocycles. The molecule has 1 fully saturated rings. The smallest absolute Gasteiger partial charge is 0.255 e. The number of phenols is 1. The van der Waals surface area contributed by atoms with Crippen LogP contribution in [-0.4, -0.2) is 76.1 Å². The lowest BCUT2D eigenvalue weighted by Gasteiger charge is -2.46. The molecule has 0 spiro atoms. The molecule has 2 amide bonds. The van der Waals surface area contributed by atoms with Gasteiger partial charge in [0.1, 0.15) is 22.8 Å². The van der Waals surface area contributed by atoms with Crippen LogP contribution in [0, 0.1) is 17.8 Å². The van der Waals surface area contributed by atoms with Crippen molar-refractivity contribution in [2.45, 2.75) is 32.2 Å². The minimum Gasteiger partial charge on any atom is -0.510 e. The van der Waals surface area contributed by atoms with Crippen LogP contribution >= 0.6 is 0 Å². The van der Waals surface area contributed by atoms with Crippen molar-refractivity contribution in [3.8, 4) is 5.75 Å². The molecule has 196 valence electrons. The van der Waals surface area contributed by atoms with Gasteiger partial charge in [-0.1, -0.05) is 0 Å². The number of nitrogens with zero attached hydrogens (tertiary/aromatic N) is 1. The van der Waals surface area contributed by atoms with Gasteiger partial charge in [-0.15, -0.1) is 0 Å². The zero-order chi connectivity index (χ0) is 27.3. The number of likely N-dealkylation sites (N-methyl/N-ethyl adjacent to an activating group) is 1. The molecular formula is C26H29N3O8. The second-order valence-electron chi connectivity index (χ2n) is 9.94. The first-order valence-electron chi connectivity index (χ1n) is 11.9. The summed E-state index contributed by atoms with van der Waals surface area (Å²) in [6, 6.07) is 1.84. The standard InChI is InChI=1S/C26H29N3O8/c1-10(30)28-7-6-15(31)12-4-5-16(32)18-13(12)8-11-9-14-19(23(34)17(11)22(18)33)24(35)20(26(27)37)25(36)21(14)29(2)3/h4-5,11,14,19,21,32-33,36H,6-9H2,1-3H3,(H2,27,37)(H,28,30)/t11?,14?,19?,21-/m0/s1. The number of benzene rings is 1. The number of allylic oxidation sites excluding steroid dienone is 1. The van der Waals surface area contributed by atoms with Gasteiger partial charge in [0.25, 0.3) is 5.91 Å². The Hall–Kier alpha value is -3.99. The summed E-state index contributed by atoms with van der Waals surface area (Å²) < 4.78 is 0. The van der Waals surface area contributed by atoms with Crippen LogP contribution in [0.1, 0.15) is 41.3 Å². The molecular weight excluding hydrogens is 482 g/mol. The normalized spacial score (nSPS) is 25.0. The molecule has 4 atom stereocenters. The number of aliphatic hydroxyl groups is 2. The van der Waals surface area contributed by atoms with Crippen molar-refractivity contribution in [2.75, 3.05) is 20.6 Å². The van der Waals surface area contributed by atoms with Crippen LogP contribution in [0.2, 0.25) is 0 Å². The van der Waals surface area contributed by atoms with Gasteiger partial charge in [-0.3, -0.25) is 28.9 Å². The lowest BCUT2D eigenvalue weighted by atomic mass is 9.59. The fourth-order valence-corrected chi connectivity index (χ4v) is 6.01. The molecule has 0 heterocycles. The summed E-state index contributed by atoms with van der Waals surface area (Å²) in [5.41, 5.74) is 5.25. The van der Waals surface area contributed by atoms with Crippen LogP contribution in [0.25, 0.3) is 5.76 Å². The van der Waals surface area contributed by atoms with E-state index in [2.05, 4.69) is 5.32 Å². The van der Waals surface area contributed by atoms with Gasteiger partial charge in [-0.05, 0) is 56.5 Å². The Kier molecular flexibility index (Phi) is 6.68. The Bertz CT molecular complexity index is 1310. The zero-order valence-electron chi connectivity index (χ0n) is 20.7. The van der Waals surface area contributed by atoms with E-state index in [0.717, 1.165) is 0 Å². The van der Waals surface area contributed by atoms with Crippen LogP contribution in [0.5, 0.6) is 5.75 Å². The number of carbonyl (C=O) groups excluding carboxylic acids is 5. The molecule has 3 unspecified atom stereocenters. The van der Waals surface area contributed by atoms with Crippen molar-refractivity contribution in [1.82, 2.24) is 10.2 Å². The molecule has 0 aromatic heterocycles. The van der Waals surface area contributed by atoms with Gasteiger partial charge in [-0.25, -0.2) is 0 Å². The Morgan fingerprint density at radius 3 is 2.38 bits per heavy atom. The molecule has 37 heavy (non-hydrogen) atoms. The SMILES string of the molecule is CC(=O)NCCC(=O)c1ccc(O)c2c1CC1CC3C(C(=O)C(C(N)=O)=C(O)[C@H]3N(C)C)C(=O)C1=C2O. The third kappa shape index (κ3) is 4.18. The van der Waals surface area contributed by atoms with Crippen molar-refractivity contribution in [3.63, 3.8) is 0 Å². The summed E-state index contributed by atoms with van der Waals surface area (Å²) in [5, 5.41) is 35.1. The predicted octanol–water partition coefficient (Wildman–Crippen LogP) is 0.558. The largest absolute Gasteiger partial charge is 0.510 e. The highest BCUT2D eigenvalue weighted by molar-refractivity contribution is 6.28. The number of aliphatic hydroxyl groups excluding tert-OH is 2. The first kappa shape index (κ1) is 26.1. The summed E-state index contributed by atoms with van der Waals surface area (Å²) in [5.74, 6) is -7.33. The maximum Gasteiger partial charge on any atom is 0.255 e. The average Bonchev–Trinajstić information content (AvgIpc) is 2.77. The van der Waals surface area contributed by atoms with Crippen LogP contribution < -0.4 is 11.1 Å². The van der Waals surface area contributed by atoms with Crippen LogP contribution in [0.4, 0.5) is 0 Å². The number of primary amides is 1. The molecule has 0 saturated heterocycles. The number of amides is 2. The number of aromatic hydroxyl groups is 1. The Balaban J connectivity index is 1.81. The molecule has 0 radical (unpaired) electrons. The van der Waals surface area contributed by atoms with Gasteiger partial charge >= 0.3 is 0 Å². The number of Topliss-reactive ketones (excluding diaryl/α,β-unsaturated/α-hetero) is 3. The van der Waals surface area contributed by atoms with E-state index >= 15 is 0 Å². The number of rotatable bonds is 6. The minimum absolute atomic E-state index is 0.00576. The van der Waals surface area contributed by atoms with Crippen LogP contribution in [0.3, 0.4) is 0 Å². The highest BCUT2D eigenvalue weighted by Gasteiger charge is 2.55. The number of phenolic OH excluding ortho intramolecular Hbond substituents is 1. The molecule has 4 rings (SSSR count). The van der Waals surface area contributed by atoms with Crippen molar-refractivity contribution in [1.29, 1.82) is 0 Å². The third-order valence-electron chi connectivity index (χ3n) is 7.47. The van der Waals surface area contributed by atoms with Crippen molar-refractivity contribution >= 4 is 34.9 Å². The molecule has 1 aromatic rings. The van der Waals surface area contributed by atoms with Crippen molar-refractivity contribution < 1.29 is 39.3 Å². The zero-order valence-corrected chi connectivity index (χ0v) is 20.7. The molecule has 11 nitrogen and oxygen atoms in total. The number of nitrogens with one attached hydrogen (secondary N) is 1. The highest BCUT2D eigenvalue weighted by Crippen LogP contribution is 2.50. The van der Waals surface area contributed by atoms with E-state index in [0.29, 0.717) is 5.56 Å². The summed E-state index contributed by atoms with van der Waals surface area (Å²) in [6.07, 6.45) is 0.310. The van der Waals surface area contributed by atoms with E-state index in [1.165, 1.54) is 19.1 Å². The van der Waals surface area contributed by atoms with Crippen molar-refractivity contribution in [2.24, 2.45) is 23.5 Å². The highest BCUT2D eigenvalue weighted by atomic mass is 16.3. The molecule has 1 aromatic carbocycles. The van der Waals surface area contributed by atoms with E-state index in [1.807, 2.05) is 0 Å². The maximum atomic E-state index is 13.7. The molecule has 6 N–H and O–H groups in total. The number of carbonyl (C=O) groups is 5. The Morgan fingerprint density at radius 2 is 1.78 bits per heavy atom. The van der Waals surface area contributed by atoms with E-state index < -0.39 is 58.4 Å². The molecule has 0 bridgehead atoms. The second kappa shape index (κ2) is 9.47. The first-order chi connectivity index (χ1) is 17.4. The number of fused-ring (bicyclic) bond motifs is 3. The lowest BCUT2D eigenvalue weighted by molar-refractivity contribution is -0.136. The topological polar surface area (TPSA) is 187 Å². The Labute approximate surface area is 212 Å². The van der Waals surface area contributed by atoms with Gasteiger partial charge < -0.3 is 26.4 Å². The third-order valence-corrected chi connectivity index (χ3v) is 7.47. The van der Waals surface area contributed by atoms with Crippen LogP contribution in [-0.2, 0) is 25.6 Å². The summed E-state index contributed by atoms with van der Waals surface area (Å²) in [4.78, 5) is 64.6. The van der Waals surface area contributed by atoms with Crippen LogP contribution in [0.15, 0.2) is 29.0 Å². The van der Waals surface area contributed by atoms with E-state index in [4.69, 9.17) is 5.73 Å². The summed E-state index contributed by atoms with van der Waals surface area (Å²) in [6.45, 7) is 1.45. The van der Waals surface area contributed by atoms with Gasteiger partial charge in [0.15, 0.2) is 17.3 Å². The van der Waals surface area contributed by atoms with Gasteiger partial charge in [0.05, 0.1) is 17.5 Å². The number of ketones is 3. The number of hydrogen-bond acceptors (Lipinski definition) is 9. The minimum atomic E-state index is -1.34. The summed E-state index contributed by atoms with van der Waals surface area (Å²) in [7, 11) is 3.28. The maximum absolute atomic E-state index is 13.7. The van der Waals surface area contributed by atoms with Crippen molar-refractivity contribution in [3.05, 3.63) is 45.7 Å². The average molecular weight is 512 g/mol. The fraction of sp³-hybridized carbons (Fsp3) is 0.423. The second-order valence-corrected chi connectivity index (χ2v) is 9.94. The van der Waals surface area contributed by atoms with Gasteiger partial charge in [0.2, 0.25) is 5.91 Å². The van der Waals surface area contributed by atoms with Gasteiger partial charge in [-0.2, -0.15) is 0 Å². The van der Waals surface area contributed by atoms with E-state index in [1.54, 1.807) is 19.0 Å². The Morgan fingerprint density at radius 1 is 1.11 bits per heavy atom. The monoisotopic (exact) mass is 511 g/mol. The molecule has 3 aliphatic carbocycles. The fourth-order valence-electron chi connectivity index (χ4n) is 6.01. The van der Waals surface area contributed by atoms with E-state index in [-0.39, 0.29) is 59.9 Å². The van der Waals surface area contributed by atoms with E-state index in [9.17, 15) is 39.3 Å². The molecule has 11 heteroatoms. The quantitative estimate of drug-likeness (QED) is 0.206. The molecule has 3 aliphatic rings. The first-order valence-corrected chi connectivity index (χ1v) is 11.9. The molecule has 0 aliphatic heterocycles. The summed E-state index contributed by atoms with van der Waals surface area (Å²) >= 11 is 0. The number of hydrogen-bond donors (Lipinski definition) is 5. The predicted molar refractivity (Wildman–Crippen MR) is 130 cm³/mol. The van der Waals surface area contributed by atoms with Gasteiger partial charge in [0, 0.05) is 31.0 Å².